The smallest absolute Gasteiger partial charge is 0.237 e. The molecule has 0 bridgehead atoms. The molecule has 0 amide bonds. The van der Waals surface area contributed by atoms with Crippen LogP contribution in [0.3, 0.4) is 0 Å². The molecule has 1 rings (SSSR count). The van der Waals surface area contributed by atoms with Crippen LogP contribution in [0, 0.1) is 5.82 Å². The average Bonchev–Trinajstić information content (AvgIpc) is 2.10. The molecule has 0 aromatic heterocycles. The van der Waals surface area contributed by atoms with Crippen molar-refractivity contribution in [3.63, 3.8) is 0 Å². The highest BCUT2D eigenvalue weighted by Gasteiger charge is 2.18. The highest BCUT2D eigenvalue weighted by molar-refractivity contribution is 8.13. The third-order valence-electron chi connectivity index (χ3n) is 1.68. The first-order chi connectivity index (χ1) is 6.85. The van der Waals surface area contributed by atoms with Crippen LogP contribution in [0.15, 0.2) is 12.1 Å². The van der Waals surface area contributed by atoms with Gasteiger partial charge in [0.1, 0.15) is 11.6 Å². The molecule has 0 radical (unpaired) electrons. The Bertz CT molecular complexity index is 473. The summed E-state index contributed by atoms with van der Waals surface area (Å²) >= 11 is 5.70. The number of hydrogen-bond acceptors (Lipinski definition) is 3. The van der Waals surface area contributed by atoms with Gasteiger partial charge in [-0.1, -0.05) is 11.6 Å². The van der Waals surface area contributed by atoms with Crippen LogP contribution in [0.25, 0.3) is 0 Å². The van der Waals surface area contributed by atoms with Gasteiger partial charge in [-0.2, -0.15) is 0 Å². The molecule has 0 unspecified atom stereocenters. The topological polar surface area (TPSA) is 43.4 Å². The molecule has 0 aliphatic heterocycles. The lowest BCUT2D eigenvalue weighted by Crippen LogP contribution is -2.02. The van der Waals surface area contributed by atoms with Gasteiger partial charge < -0.3 is 4.74 Å². The molecule has 0 spiro atoms. The van der Waals surface area contributed by atoms with E-state index in [-0.39, 0.29) is 16.3 Å². The van der Waals surface area contributed by atoms with Crippen molar-refractivity contribution in [2.45, 2.75) is 5.75 Å². The Hall–Kier alpha value is -0.520. The molecule has 0 heterocycles. The maximum Gasteiger partial charge on any atom is 0.237 e. The summed E-state index contributed by atoms with van der Waals surface area (Å²) in [4.78, 5) is 0. The van der Waals surface area contributed by atoms with Gasteiger partial charge in [0.15, 0.2) is 0 Å². The van der Waals surface area contributed by atoms with Crippen molar-refractivity contribution in [1.29, 1.82) is 0 Å². The fraction of sp³-hybridized carbons (Fsp3) is 0.250. The van der Waals surface area contributed by atoms with Crippen LogP contribution in [0.1, 0.15) is 5.56 Å². The standard InChI is InChI=1S/C8H7Cl2FO3S/c1-14-8-5(4-15(10,12)13)7(11)3-2-6(8)9/h2-3H,4H2,1H3. The highest BCUT2D eigenvalue weighted by atomic mass is 35.7. The van der Waals surface area contributed by atoms with Gasteiger partial charge in [0, 0.05) is 16.2 Å². The van der Waals surface area contributed by atoms with E-state index >= 15 is 0 Å². The second kappa shape index (κ2) is 4.55. The fourth-order valence-electron chi connectivity index (χ4n) is 1.10. The Balaban J connectivity index is 3.32. The van der Waals surface area contributed by atoms with Crippen molar-refractivity contribution in [2.75, 3.05) is 7.11 Å². The Labute approximate surface area is 96.2 Å². The summed E-state index contributed by atoms with van der Waals surface area (Å²) in [6.07, 6.45) is 0. The molecule has 0 atom stereocenters. The third-order valence-corrected chi connectivity index (χ3v) is 2.93. The van der Waals surface area contributed by atoms with E-state index in [1.807, 2.05) is 0 Å². The molecular formula is C8H7Cl2FO3S. The van der Waals surface area contributed by atoms with Crippen molar-refractivity contribution in [2.24, 2.45) is 0 Å². The van der Waals surface area contributed by atoms with E-state index in [9.17, 15) is 12.8 Å². The van der Waals surface area contributed by atoms with E-state index in [0.29, 0.717) is 0 Å². The summed E-state index contributed by atoms with van der Waals surface area (Å²) in [6.45, 7) is 0. The Morgan fingerprint density at radius 3 is 2.53 bits per heavy atom. The second-order valence-corrected chi connectivity index (χ2v) is 5.91. The maximum atomic E-state index is 13.3. The van der Waals surface area contributed by atoms with Crippen LogP contribution in [0.4, 0.5) is 4.39 Å². The molecule has 0 aliphatic rings. The van der Waals surface area contributed by atoms with Gasteiger partial charge in [-0.25, -0.2) is 12.8 Å². The van der Waals surface area contributed by atoms with Crippen LogP contribution < -0.4 is 4.74 Å². The van der Waals surface area contributed by atoms with Gasteiger partial charge in [-0.3, -0.25) is 0 Å². The normalized spacial score (nSPS) is 11.5. The fourth-order valence-corrected chi connectivity index (χ4v) is 2.30. The Kier molecular flexibility index (Phi) is 3.81. The van der Waals surface area contributed by atoms with Crippen LogP contribution in [0.2, 0.25) is 5.02 Å². The number of benzene rings is 1. The van der Waals surface area contributed by atoms with Gasteiger partial charge in [-0.05, 0) is 12.1 Å². The van der Waals surface area contributed by atoms with E-state index in [2.05, 4.69) is 0 Å². The summed E-state index contributed by atoms with van der Waals surface area (Å²) in [6, 6.07) is 2.34. The van der Waals surface area contributed by atoms with Gasteiger partial charge in [0.25, 0.3) is 0 Å². The number of rotatable bonds is 3. The summed E-state index contributed by atoms with van der Waals surface area (Å²) in [5.41, 5.74) is -0.167. The zero-order chi connectivity index (χ0) is 11.6. The summed E-state index contributed by atoms with van der Waals surface area (Å²) in [5, 5.41) is 0.134. The molecule has 0 N–H and O–H groups in total. The molecule has 7 heteroatoms. The van der Waals surface area contributed by atoms with Crippen LogP contribution >= 0.6 is 22.3 Å². The summed E-state index contributed by atoms with van der Waals surface area (Å²) in [7, 11) is 2.44. The number of hydrogen-bond donors (Lipinski definition) is 0. The molecule has 0 aliphatic carbocycles. The predicted octanol–water partition coefficient (Wildman–Crippen LogP) is 2.56. The van der Waals surface area contributed by atoms with E-state index in [1.54, 1.807) is 0 Å². The molecule has 3 nitrogen and oxygen atoms in total. The molecule has 1 aromatic rings. The monoisotopic (exact) mass is 272 g/mol. The first-order valence-electron chi connectivity index (χ1n) is 3.78. The minimum absolute atomic E-state index is 0.0131. The van der Waals surface area contributed by atoms with E-state index in [4.69, 9.17) is 27.0 Å². The number of ether oxygens (including phenoxy) is 1. The van der Waals surface area contributed by atoms with Gasteiger partial charge >= 0.3 is 0 Å². The molecule has 0 saturated carbocycles. The van der Waals surface area contributed by atoms with Crippen molar-refractivity contribution in [3.8, 4) is 5.75 Å². The summed E-state index contributed by atoms with van der Waals surface area (Å²) in [5.74, 6) is -1.40. The zero-order valence-electron chi connectivity index (χ0n) is 7.63. The van der Waals surface area contributed by atoms with Crippen molar-refractivity contribution in [1.82, 2.24) is 0 Å². The van der Waals surface area contributed by atoms with Gasteiger partial charge in [0.05, 0.1) is 17.9 Å². The highest BCUT2D eigenvalue weighted by Crippen LogP contribution is 2.32. The largest absolute Gasteiger partial charge is 0.495 e. The predicted molar refractivity (Wildman–Crippen MR) is 56.4 cm³/mol. The zero-order valence-corrected chi connectivity index (χ0v) is 9.96. The second-order valence-electron chi connectivity index (χ2n) is 2.72. The number of methoxy groups -OCH3 is 1. The van der Waals surface area contributed by atoms with Crippen LogP contribution in [-0.2, 0) is 14.8 Å². The molecule has 84 valence electrons. The lowest BCUT2D eigenvalue weighted by Gasteiger charge is -2.09. The minimum Gasteiger partial charge on any atom is -0.495 e. The Morgan fingerprint density at radius 1 is 1.47 bits per heavy atom. The van der Waals surface area contributed by atoms with Crippen molar-refractivity contribution < 1.29 is 17.5 Å². The van der Waals surface area contributed by atoms with Gasteiger partial charge in [0.2, 0.25) is 9.05 Å². The molecule has 1 aromatic carbocycles. The third kappa shape index (κ3) is 3.22. The Morgan fingerprint density at radius 2 is 2.07 bits per heavy atom. The SMILES string of the molecule is COc1c(Cl)ccc(F)c1CS(=O)(=O)Cl. The molecule has 15 heavy (non-hydrogen) atoms. The van der Waals surface area contributed by atoms with Crippen molar-refractivity contribution in [3.05, 3.63) is 28.5 Å². The first kappa shape index (κ1) is 12.5. The first-order valence-corrected chi connectivity index (χ1v) is 6.64. The maximum absolute atomic E-state index is 13.3. The van der Waals surface area contributed by atoms with Crippen LogP contribution in [-0.4, -0.2) is 15.5 Å². The van der Waals surface area contributed by atoms with E-state index in [1.165, 1.54) is 13.2 Å². The number of halogens is 3. The van der Waals surface area contributed by atoms with Gasteiger partial charge in [-0.15, -0.1) is 0 Å². The quantitative estimate of drug-likeness (QED) is 0.795. The lowest BCUT2D eigenvalue weighted by atomic mass is 10.2. The minimum atomic E-state index is -3.86. The lowest BCUT2D eigenvalue weighted by molar-refractivity contribution is 0.406. The molecular weight excluding hydrogens is 266 g/mol. The van der Waals surface area contributed by atoms with E-state index < -0.39 is 20.6 Å². The average molecular weight is 273 g/mol. The summed E-state index contributed by atoms with van der Waals surface area (Å²) < 4.78 is 39.8. The molecule has 0 fully saturated rings. The van der Waals surface area contributed by atoms with Crippen LogP contribution in [0.5, 0.6) is 5.75 Å². The van der Waals surface area contributed by atoms with E-state index in [0.717, 1.165) is 6.07 Å². The molecule has 0 saturated heterocycles. The van der Waals surface area contributed by atoms with Crippen molar-refractivity contribution >= 4 is 31.3 Å².